The van der Waals surface area contributed by atoms with Crippen LogP contribution in [-0.4, -0.2) is 4.98 Å². The van der Waals surface area contributed by atoms with Gasteiger partial charge in [-0.2, -0.15) is 0 Å². The second-order valence-electron chi connectivity index (χ2n) is 14.4. The molecule has 0 N–H and O–H groups in total. The minimum absolute atomic E-state index is 0.988. The van der Waals surface area contributed by atoms with E-state index in [1.807, 2.05) is 11.3 Å². The third-order valence-electron chi connectivity index (χ3n) is 11.0. The summed E-state index contributed by atoms with van der Waals surface area (Å²) < 4.78 is 2.58. The minimum atomic E-state index is 0.988. The molecule has 0 saturated carbocycles. The van der Waals surface area contributed by atoms with E-state index in [1.165, 1.54) is 52.8 Å². The van der Waals surface area contributed by atoms with Crippen molar-refractivity contribution < 1.29 is 0 Å². The number of para-hydroxylation sites is 2. The van der Waals surface area contributed by atoms with Crippen LogP contribution in [0, 0.1) is 0 Å². The molecule has 0 radical (unpaired) electrons. The molecule has 0 saturated heterocycles. The summed E-state index contributed by atoms with van der Waals surface area (Å²) in [7, 11) is 0. The summed E-state index contributed by atoms with van der Waals surface area (Å²) in [6.07, 6.45) is 0. The van der Waals surface area contributed by atoms with Crippen LogP contribution in [0.1, 0.15) is 0 Å². The summed E-state index contributed by atoms with van der Waals surface area (Å²) in [5, 5.41) is 8.70. The topological polar surface area (TPSA) is 16.1 Å². The molecular weight excluding hydrogens is 697 g/mol. The van der Waals surface area contributed by atoms with Gasteiger partial charge in [0.1, 0.15) is 0 Å². The quantitative estimate of drug-likeness (QED) is 0.169. The lowest BCUT2D eigenvalue weighted by Gasteiger charge is -2.28. The van der Waals surface area contributed by atoms with Crippen molar-refractivity contribution in [3.63, 3.8) is 0 Å². The van der Waals surface area contributed by atoms with E-state index in [9.17, 15) is 0 Å². The molecule has 9 aromatic carbocycles. The lowest BCUT2D eigenvalue weighted by Crippen LogP contribution is -2.11. The molecule has 2 heterocycles. The Hall–Kier alpha value is -7.07. The van der Waals surface area contributed by atoms with Crippen molar-refractivity contribution in [1.29, 1.82) is 0 Å². The molecule has 11 rings (SSSR count). The van der Waals surface area contributed by atoms with Crippen molar-refractivity contribution in [1.82, 2.24) is 4.98 Å². The van der Waals surface area contributed by atoms with Crippen LogP contribution in [-0.2, 0) is 0 Å². The van der Waals surface area contributed by atoms with Crippen LogP contribution < -0.4 is 4.90 Å². The van der Waals surface area contributed by atoms with Crippen molar-refractivity contribution in [3.8, 4) is 33.5 Å². The van der Waals surface area contributed by atoms with Gasteiger partial charge in [-0.25, -0.2) is 4.98 Å². The first-order chi connectivity index (χ1) is 27.7. The number of nitrogens with zero attached hydrogens (tertiary/aromatic N) is 2. The van der Waals surface area contributed by atoms with Gasteiger partial charge in [0.2, 0.25) is 0 Å². The second kappa shape index (κ2) is 13.3. The van der Waals surface area contributed by atoms with Crippen molar-refractivity contribution >= 4 is 81.0 Å². The van der Waals surface area contributed by atoms with Crippen molar-refractivity contribution in [2.45, 2.75) is 0 Å². The zero-order chi connectivity index (χ0) is 37.0. The minimum Gasteiger partial charge on any atom is -0.310 e. The molecule has 0 amide bonds. The average Bonchev–Trinajstić information content (AvgIpc) is 3.62. The zero-order valence-corrected chi connectivity index (χ0v) is 31.2. The molecule has 0 atom stereocenters. The van der Waals surface area contributed by atoms with Crippen molar-refractivity contribution in [3.05, 3.63) is 206 Å². The predicted molar refractivity (Wildman–Crippen MR) is 241 cm³/mol. The fourth-order valence-corrected chi connectivity index (χ4v) is 9.40. The Balaban J connectivity index is 1.06. The number of fused-ring (bicyclic) bond motifs is 6. The maximum absolute atomic E-state index is 5.35. The highest BCUT2D eigenvalue weighted by molar-refractivity contribution is 7.25. The number of pyridine rings is 1. The van der Waals surface area contributed by atoms with E-state index in [0.29, 0.717) is 0 Å². The molecule has 11 aromatic rings. The van der Waals surface area contributed by atoms with Gasteiger partial charge in [0, 0.05) is 53.6 Å². The molecule has 3 heteroatoms. The maximum atomic E-state index is 5.35. The third-order valence-corrected chi connectivity index (χ3v) is 12.1. The molecule has 262 valence electrons. The number of benzene rings is 9. The van der Waals surface area contributed by atoms with Gasteiger partial charge in [0.25, 0.3) is 0 Å². The fraction of sp³-hybridized carbons (Fsp3) is 0. The standard InChI is InChI=1S/C53H34N2S/c1-2-13-36(14-3-1)45-19-9-11-21-50(45)55(44-28-22-35-12-4-5-15-38(35)30-44)43-26-23-37(24-27-43)47-32-41-18-8-10-20-49(41)54-53(47)42-25-29-46-48-31-39-16-6-7-17-40(39)33-52(48)56-51(46)34-42/h1-34H. The third kappa shape index (κ3) is 5.60. The number of aromatic nitrogens is 1. The lowest BCUT2D eigenvalue weighted by atomic mass is 9.96. The van der Waals surface area contributed by atoms with Crippen molar-refractivity contribution in [2.75, 3.05) is 4.90 Å². The molecule has 0 aliphatic carbocycles. The van der Waals surface area contributed by atoms with Gasteiger partial charge in [-0.05, 0) is 93.3 Å². The van der Waals surface area contributed by atoms with Gasteiger partial charge in [0.15, 0.2) is 0 Å². The first-order valence-electron chi connectivity index (χ1n) is 19.0. The van der Waals surface area contributed by atoms with Gasteiger partial charge in [-0.1, -0.05) is 146 Å². The second-order valence-corrected chi connectivity index (χ2v) is 15.5. The summed E-state index contributed by atoms with van der Waals surface area (Å²) >= 11 is 1.86. The Kier molecular flexibility index (Phi) is 7.72. The summed E-state index contributed by atoms with van der Waals surface area (Å²) in [5.41, 5.74) is 11.0. The number of hydrogen-bond donors (Lipinski definition) is 0. The normalized spacial score (nSPS) is 11.6. The van der Waals surface area contributed by atoms with Crippen LogP contribution in [0.25, 0.3) is 86.1 Å². The summed E-state index contributed by atoms with van der Waals surface area (Å²) in [6.45, 7) is 0. The van der Waals surface area contributed by atoms with Crippen LogP contribution in [0.15, 0.2) is 206 Å². The molecule has 2 nitrogen and oxygen atoms in total. The predicted octanol–water partition coefficient (Wildman–Crippen LogP) is 15.4. The Labute approximate surface area is 329 Å². The Bertz CT molecular complexity index is 3250. The highest BCUT2D eigenvalue weighted by atomic mass is 32.1. The number of anilines is 3. The van der Waals surface area contributed by atoms with E-state index in [-0.39, 0.29) is 0 Å². The summed E-state index contributed by atoms with van der Waals surface area (Å²) in [4.78, 5) is 7.73. The van der Waals surface area contributed by atoms with Gasteiger partial charge in [-0.15, -0.1) is 11.3 Å². The molecule has 2 aromatic heterocycles. The van der Waals surface area contributed by atoms with E-state index in [2.05, 4.69) is 211 Å². The fourth-order valence-electron chi connectivity index (χ4n) is 8.23. The SMILES string of the molecule is c1ccc(-c2ccccc2N(c2ccc(-c3cc4ccccc4nc3-c3ccc4c(c3)sc3cc5ccccc5cc34)cc2)c2ccc3ccccc3c2)cc1. The van der Waals surface area contributed by atoms with Gasteiger partial charge in [-0.3, -0.25) is 0 Å². The smallest absolute Gasteiger partial charge is 0.0788 e. The van der Waals surface area contributed by atoms with E-state index < -0.39 is 0 Å². The average molecular weight is 731 g/mol. The molecule has 0 aliphatic heterocycles. The largest absolute Gasteiger partial charge is 0.310 e. The first kappa shape index (κ1) is 32.4. The van der Waals surface area contributed by atoms with Crippen LogP contribution in [0.2, 0.25) is 0 Å². The van der Waals surface area contributed by atoms with Gasteiger partial charge >= 0.3 is 0 Å². The highest BCUT2D eigenvalue weighted by Gasteiger charge is 2.19. The van der Waals surface area contributed by atoms with Crippen molar-refractivity contribution in [2.24, 2.45) is 0 Å². The lowest BCUT2D eigenvalue weighted by molar-refractivity contribution is 1.29. The molecule has 0 unspecified atom stereocenters. The Morgan fingerprint density at radius 3 is 1.79 bits per heavy atom. The summed E-state index contributed by atoms with van der Waals surface area (Å²) in [5.74, 6) is 0. The van der Waals surface area contributed by atoms with E-state index in [0.717, 1.165) is 50.3 Å². The number of rotatable bonds is 6. The highest BCUT2D eigenvalue weighted by Crippen LogP contribution is 2.44. The van der Waals surface area contributed by atoms with Crippen LogP contribution >= 0.6 is 11.3 Å². The molecule has 56 heavy (non-hydrogen) atoms. The number of hydrogen-bond acceptors (Lipinski definition) is 3. The summed E-state index contributed by atoms with van der Waals surface area (Å²) in [6, 6.07) is 74.6. The van der Waals surface area contributed by atoms with Crippen LogP contribution in [0.3, 0.4) is 0 Å². The molecule has 0 fully saturated rings. The number of thiophene rings is 1. The van der Waals surface area contributed by atoms with Crippen LogP contribution in [0.5, 0.6) is 0 Å². The molecular formula is C53H34N2S. The van der Waals surface area contributed by atoms with Crippen LogP contribution in [0.4, 0.5) is 17.1 Å². The molecule has 0 aliphatic rings. The Morgan fingerprint density at radius 1 is 0.357 bits per heavy atom. The monoisotopic (exact) mass is 730 g/mol. The molecule has 0 spiro atoms. The maximum Gasteiger partial charge on any atom is 0.0788 e. The van der Waals surface area contributed by atoms with Gasteiger partial charge < -0.3 is 4.90 Å². The molecule has 0 bridgehead atoms. The van der Waals surface area contributed by atoms with E-state index in [4.69, 9.17) is 4.98 Å². The first-order valence-corrected chi connectivity index (χ1v) is 19.8. The van der Waals surface area contributed by atoms with E-state index >= 15 is 0 Å². The zero-order valence-electron chi connectivity index (χ0n) is 30.4. The Morgan fingerprint density at radius 2 is 0.964 bits per heavy atom. The van der Waals surface area contributed by atoms with E-state index in [1.54, 1.807) is 0 Å². The van der Waals surface area contributed by atoms with Gasteiger partial charge in [0.05, 0.1) is 16.9 Å².